The number of aromatic hydroxyl groups is 1. The highest BCUT2D eigenvalue weighted by Crippen LogP contribution is 2.24. The molecule has 0 bridgehead atoms. The molecule has 150 valence electrons. The largest absolute Gasteiger partial charge is 0.508 e. The zero-order valence-corrected chi connectivity index (χ0v) is 16.3. The highest BCUT2D eigenvalue weighted by atomic mass is 32.1. The fourth-order valence-electron chi connectivity index (χ4n) is 3.48. The molecule has 1 amide bonds. The van der Waals surface area contributed by atoms with Gasteiger partial charge in [0.15, 0.2) is 0 Å². The van der Waals surface area contributed by atoms with E-state index in [0.717, 1.165) is 0 Å². The van der Waals surface area contributed by atoms with E-state index in [0.29, 0.717) is 41.8 Å². The van der Waals surface area contributed by atoms with Crippen LogP contribution in [-0.2, 0) is 16.1 Å². The lowest BCUT2D eigenvalue weighted by Crippen LogP contribution is -2.40. The standard InChI is InChI=1S/C21H19NO6S/c23-15-3-4-16-14(10-19(24)28-17(16)11-15)12-27-21(26)13-5-7-22(8-6-13)20(25)18-2-1-9-29-18/h1-4,9-11,13,23H,5-8,12H2. The number of benzene rings is 1. The van der Waals surface area contributed by atoms with Crippen molar-refractivity contribution in [3.8, 4) is 5.75 Å². The van der Waals surface area contributed by atoms with Crippen LogP contribution in [0.4, 0.5) is 0 Å². The number of fused-ring (bicyclic) bond motifs is 1. The van der Waals surface area contributed by atoms with Crippen LogP contribution in [0.25, 0.3) is 11.0 Å². The fraction of sp³-hybridized carbons (Fsp3) is 0.286. The predicted octanol–water partition coefficient (Wildman–Crippen LogP) is 3.16. The van der Waals surface area contributed by atoms with Crippen molar-refractivity contribution >= 4 is 34.2 Å². The molecule has 0 unspecified atom stereocenters. The van der Waals surface area contributed by atoms with Gasteiger partial charge in [-0.05, 0) is 36.4 Å². The smallest absolute Gasteiger partial charge is 0.336 e. The summed E-state index contributed by atoms with van der Waals surface area (Å²) in [5, 5.41) is 12.0. The van der Waals surface area contributed by atoms with E-state index < -0.39 is 5.63 Å². The van der Waals surface area contributed by atoms with Crippen LogP contribution in [0.5, 0.6) is 5.75 Å². The topological polar surface area (TPSA) is 97.1 Å². The third-order valence-electron chi connectivity index (χ3n) is 5.03. The fourth-order valence-corrected chi connectivity index (χ4v) is 4.17. The van der Waals surface area contributed by atoms with E-state index in [1.165, 1.54) is 29.5 Å². The number of carbonyl (C=O) groups excluding carboxylic acids is 2. The lowest BCUT2D eigenvalue weighted by atomic mass is 9.97. The van der Waals surface area contributed by atoms with Crippen LogP contribution < -0.4 is 5.63 Å². The van der Waals surface area contributed by atoms with E-state index in [1.807, 2.05) is 11.4 Å². The molecule has 1 aliphatic heterocycles. The molecule has 7 nitrogen and oxygen atoms in total. The number of amides is 1. The van der Waals surface area contributed by atoms with Crippen molar-refractivity contribution in [1.82, 2.24) is 4.90 Å². The molecule has 0 saturated carbocycles. The van der Waals surface area contributed by atoms with Gasteiger partial charge in [-0.25, -0.2) is 4.79 Å². The summed E-state index contributed by atoms with van der Waals surface area (Å²) in [5.41, 5.74) is 0.188. The van der Waals surface area contributed by atoms with Crippen molar-refractivity contribution in [2.75, 3.05) is 13.1 Å². The van der Waals surface area contributed by atoms with Gasteiger partial charge in [0.05, 0.1) is 10.8 Å². The molecule has 1 aromatic carbocycles. The number of rotatable bonds is 4. The van der Waals surface area contributed by atoms with Crippen LogP contribution in [-0.4, -0.2) is 35.0 Å². The molecule has 3 aromatic rings. The average Bonchev–Trinajstić information content (AvgIpc) is 3.25. The Kier molecular flexibility index (Phi) is 5.35. The highest BCUT2D eigenvalue weighted by Gasteiger charge is 2.29. The SMILES string of the molecule is O=C(OCc1cc(=O)oc2cc(O)ccc12)C1CCN(C(=O)c2cccs2)CC1. The lowest BCUT2D eigenvalue weighted by Gasteiger charge is -2.30. The van der Waals surface area contributed by atoms with Gasteiger partial charge in [-0.15, -0.1) is 11.3 Å². The first-order chi connectivity index (χ1) is 14.0. The number of likely N-dealkylation sites (tertiary alicyclic amines) is 1. The van der Waals surface area contributed by atoms with Crippen molar-refractivity contribution in [1.29, 1.82) is 0 Å². The number of nitrogens with zero attached hydrogens (tertiary/aromatic N) is 1. The minimum atomic E-state index is -0.574. The molecule has 0 aliphatic carbocycles. The third-order valence-corrected chi connectivity index (χ3v) is 5.89. The maximum Gasteiger partial charge on any atom is 0.336 e. The number of piperidine rings is 1. The molecule has 0 spiro atoms. The molecule has 0 radical (unpaired) electrons. The van der Waals surface area contributed by atoms with Gasteiger partial charge in [0, 0.05) is 36.2 Å². The van der Waals surface area contributed by atoms with Gasteiger partial charge in [-0.3, -0.25) is 9.59 Å². The Hall–Kier alpha value is -3.13. The van der Waals surface area contributed by atoms with E-state index in [-0.39, 0.29) is 35.7 Å². The summed E-state index contributed by atoms with van der Waals surface area (Å²) in [5.74, 6) is -0.637. The normalized spacial score (nSPS) is 14.8. The molecule has 4 rings (SSSR count). The molecule has 1 N–H and O–H groups in total. The second-order valence-corrected chi connectivity index (χ2v) is 7.87. The first kappa shape index (κ1) is 19.2. The van der Waals surface area contributed by atoms with Crippen LogP contribution in [0.3, 0.4) is 0 Å². The Morgan fingerprint density at radius 2 is 2.00 bits per heavy atom. The number of hydrogen-bond acceptors (Lipinski definition) is 7. The van der Waals surface area contributed by atoms with E-state index in [9.17, 15) is 19.5 Å². The molecule has 1 saturated heterocycles. The van der Waals surface area contributed by atoms with Gasteiger partial charge in [0.2, 0.25) is 0 Å². The predicted molar refractivity (Wildman–Crippen MR) is 107 cm³/mol. The number of esters is 1. The van der Waals surface area contributed by atoms with Gasteiger partial charge in [0.25, 0.3) is 5.91 Å². The maximum atomic E-state index is 12.5. The second-order valence-electron chi connectivity index (χ2n) is 6.92. The maximum absolute atomic E-state index is 12.5. The lowest BCUT2D eigenvalue weighted by molar-refractivity contribution is -0.151. The van der Waals surface area contributed by atoms with Gasteiger partial charge >= 0.3 is 11.6 Å². The average molecular weight is 413 g/mol. The van der Waals surface area contributed by atoms with Crippen LogP contribution in [0.1, 0.15) is 28.1 Å². The molecule has 3 heterocycles. The van der Waals surface area contributed by atoms with E-state index in [1.54, 1.807) is 17.0 Å². The summed E-state index contributed by atoms with van der Waals surface area (Å²) < 4.78 is 10.5. The van der Waals surface area contributed by atoms with Crippen LogP contribution in [0.2, 0.25) is 0 Å². The zero-order valence-electron chi connectivity index (χ0n) is 15.5. The van der Waals surface area contributed by atoms with Crippen molar-refractivity contribution < 1.29 is 23.8 Å². The summed E-state index contributed by atoms with van der Waals surface area (Å²) in [7, 11) is 0. The van der Waals surface area contributed by atoms with Crippen molar-refractivity contribution in [3.05, 3.63) is 62.6 Å². The van der Waals surface area contributed by atoms with Gasteiger partial charge in [-0.2, -0.15) is 0 Å². The number of hydrogen-bond donors (Lipinski definition) is 1. The Bertz CT molecular complexity index is 1100. The van der Waals surface area contributed by atoms with Crippen molar-refractivity contribution in [2.24, 2.45) is 5.92 Å². The third kappa shape index (κ3) is 4.17. The summed E-state index contributed by atoms with van der Waals surface area (Å²) in [6, 6.07) is 9.38. The van der Waals surface area contributed by atoms with E-state index >= 15 is 0 Å². The van der Waals surface area contributed by atoms with Gasteiger partial charge in [0.1, 0.15) is 17.9 Å². The highest BCUT2D eigenvalue weighted by molar-refractivity contribution is 7.12. The molecular formula is C21H19NO6S. The van der Waals surface area contributed by atoms with Crippen molar-refractivity contribution in [3.63, 3.8) is 0 Å². The Morgan fingerprint density at radius 3 is 2.72 bits per heavy atom. The van der Waals surface area contributed by atoms with Gasteiger partial charge in [-0.1, -0.05) is 6.07 Å². The first-order valence-electron chi connectivity index (χ1n) is 9.26. The second kappa shape index (κ2) is 8.08. The molecular weight excluding hydrogens is 394 g/mol. The summed E-state index contributed by atoms with van der Waals surface area (Å²) >= 11 is 1.41. The minimum absolute atomic E-state index is 0.00227. The first-order valence-corrected chi connectivity index (χ1v) is 10.1. The molecule has 29 heavy (non-hydrogen) atoms. The Labute approximate surface area is 170 Å². The number of phenols is 1. The van der Waals surface area contributed by atoms with Crippen molar-refractivity contribution in [2.45, 2.75) is 19.4 Å². The quantitative estimate of drug-likeness (QED) is 0.521. The summed E-state index contributed by atoms with van der Waals surface area (Å²) in [6.45, 7) is 0.960. The van der Waals surface area contributed by atoms with Crippen LogP contribution in [0, 0.1) is 5.92 Å². The number of thiophene rings is 1. The zero-order chi connectivity index (χ0) is 20.4. The van der Waals surface area contributed by atoms with Crippen LogP contribution in [0.15, 0.2) is 51.0 Å². The molecule has 1 fully saturated rings. The minimum Gasteiger partial charge on any atom is -0.508 e. The van der Waals surface area contributed by atoms with E-state index in [2.05, 4.69) is 0 Å². The Morgan fingerprint density at radius 1 is 1.21 bits per heavy atom. The Balaban J connectivity index is 1.37. The molecule has 8 heteroatoms. The number of ether oxygens (including phenoxy) is 1. The monoisotopic (exact) mass is 413 g/mol. The summed E-state index contributed by atoms with van der Waals surface area (Å²) in [6.07, 6.45) is 1.09. The summed E-state index contributed by atoms with van der Waals surface area (Å²) in [4.78, 5) is 39.1. The van der Waals surface area contributed by atoms with E-state index in [4.69, 9.17) is 9.15 Å². The number of phenolic OH excluding ortho intramolecular Hbond substituents is 1. The molecule has 0 atom stereocenters. The molecule has 1 aliphatic rings. The van der Waals surface area contributed by atoms with Crippen LogP contribution >= 0.6 is 11.3 Å². The number of carbonyl (C=O) groups is 2. The van der Waals surface area contributed by atoms with Gasteiger partial charge < -0.3 is 19.2 Å². The molecule has 2 aromatic heterocycles.